The number of hydrogen-bond donors (Lipinski definition) is 2. The molecule has 2 N–H and O–H groups in total. The number of carbonyl (C=O) groups excluding carboxylic acids is 1. The SMILES string of the molecule is O=C(NCC1(c2ccc(Cl)cc2)CC1)c1ccn(C2CCCNC2)n1. The highest BCUT2D eigenvalue weighted by molar-refractivity contribution is 6.30. The zero-order chi connectivity index (χ0) is 17.3. The third-order valence-corrected chi connectivity index (χ3v) is 5.64. The third-order valence-electron chi connectivity index (χ3n) is 5.38. The van der Waals surface area contributed by atoms with Gasteiger partial charge in [0.2, 0.25) is 0 Å². The molecule has 2 fully saturated rings. The zero-order valence-electron chi connectivity index (χ0n) is 14.2. The summed E-state index contributed by atoms with van der Waals surface area (Å²) < 4.78 is 1.92. The van der Waals surface area contributed by atoms with E-state index in [9.17, 15) is 4.79 Å². The molecule has 1 atom stereocenters. The second-order valence-corrected chi connectivity index (χ2v) is 7.59. The van der Waals surface area contributed by atoms with Crippen LogP contribution in [0.5, 0.6) is 0 Å². The first-order chi connectivity index (χ1) is 12.2. The molecule has 1 saturated carbocycles. The standard InChI is InChI=1S/C19H23ClN4O/c20-15-5-3-14(4-6-15)19(8-9-19)13-22-18(25)17-7-11-24(23-17)16-2-1-10-21-12-16/h3-7,11,16,21H,1-2,8-10,12-13H2,(H,22,25). The van der Waals surface area contributed by atoms with Gasteiger partial charge in [-0.3, -0.25) is 9.48 Å². The Morgan fingerprint density at radius 1 is 1.32 bits per heavy atom. The van der Waals surface area contributed by atoms with Gasteiger partial charge < -0.3 is 10.6 Å². The van der Waals surface area contributed by atoms with E-state index in [0.717, 1.165) is 43.8 Å². The van der Waals surface area contributed by atoms with Crippen LogP contribution >= 0.6 is 11.6 Å². The van der Waals surface area contributed by atoms with Crippen LogP contribution in [0.1, 0.15) is 47.8 Å². The lowest BCUT2D eigenvalue weighted by Crippen LogP contribution is -2.33. The van der Waals surface area contributed by atoms with E-state index >= 15 is 0 Å². The number of carbonyl (C=O) groups is 1. The molecule has 2 heterocycles. The molecule has 25 heavy (non-hydrogen) atoms. The van der Waals surface area contributed by atoms with Gasteiger partial charge in [0.15, 0.2) is 0 Å². The summed E-state index contributed by atoms with van der Waals surface area (Å²) >= 11 is 5.97. The van der Waals surface area contributed by atoms with E-state index in [4.69, 9.17) is 11.6 Å². The van der Waals surface area contributed by atoms with Crippen molar-refractivity contribution in [1.82, 2.24) is 20.4 Å². The molecule has 1 aromatic heterocycles. The molecule has 2 aromatic rings. The van der Waals surface area contributed by atoms with Crippen LogP contribution in [0.4, 0.5) is 0 Å². The van der Waals surface area contributed by atoms with Gasteiger partial charge in [0.1, 0.15) is 5.69 Å². The van der Waals surface area contributed by atoms with Crippen LogP contribution in [0.3, 0.4) is 0 Å². The normalized spacial score (nSPS) is 21.7. The molecule has 1 aliphatic heterocycles. The van der Waals surface area contributed by atoms with Crippen LogP contribution in [0.2, 0.25) is 5.02 Å². The maximum Gasteiger partial charge on any atom is 0.271 e. The van der Waals surface area contributed by atoms with E-state index in [1.807, 2.05) is 29.1 Å². The van der Waals surface area contributed by atoms with Crippen molar-refractivity contribution < 1.29 is 4.79 Å². The van der Waals surface area contributed by atoms with Gasteiger partial charge in [0.05, 0.1) is 6.04 Å². The smallest absolute Gasteiger partial charge is 0.271 e. The Kier molecular flexibility index (Phi) is 4.52. The number of halogens is 1. The molecule has 1 aromatic carbocycles. The highest BCUT2D eigenvalue weighted by Crippen LogP contribution is 2.47. The minimum Gasteiger partial charge on any atom is -0.350 e. The minimum atomic E-state index is -0.0947. The topological polar surface area (TPSA) is 59.0 Å². The molecule has 6 heteroatoms. The number of nitrogens with zero attached hydrogens (tertiary/aromatic N) is 2. The Labute approximate surface area is 152 Å². The number of rotatable bonds is 5. The van der Waals surface area contributed by atoms with Crippen molar-refractivity contribution in [2.75, 3.05) is 19.6 Å². The van der Waals surface area contributed by atoms with Crippen LogP contribution in [-0.2, 0) is 5.41 Å². The fraction of sp³-hybridized carbons (Fsp3) is 0.474. The van der Waals surface area contributed by atoms with Gasteiger partial charge >= 0.3 is 0 Å². The van der Waals surface area contributed by atoms with E-state index in [1.54, 1.807) is 0 Å². The fourth-order valence-electron chi connectivity index (χ4n) is 3.58. The van der Waals surface area contributed by atoms with Gasteiger partial charge in [-0.15, -0.1) is 0 Å². The summed E-state index contributed by atoms with van der Waals surface area (Å²) in [7, 11) is 0. The highest BCUT2D eigenvalue weighted by atomic mass is 35.5. The lowest BCUT2D eigenvalue weighted by molar-refractivity contribution is 0.0943. The van der Waals surface area contributed by atoms with Crippen LogP contribution in [0, 0.1) is 0 Å². The molecular formula is C19H23ClN4O. The summed E-state index contributed by atoms with van der Waals surface area (Å²) in [5.74, 6) is -0.0947. The van der Waals surface area contributed by atoms with E-state index in [1.165, 1.54) is 5.56 Å². The number of aromatic nitrogens is 2. The van der Waals surface area contributed by atoms with E-state index in [-0.39, 0.29) is 11.3 Å². The van der Waals surface area contributed by atoms with Crippen molar-refractivity contribution in [1.29, 1.82) is 0 Å². The van der Waals surface area contributed by atoms with Crippen molar-refractivity contribution in [3.63, 3.8) is 0 Å². The molecule has 0 spiro atoms. The predicted octanol–water partition coefficient (Wildman–Crippen LogP) is 2.92. The first kappa shape index (κ1) is 16.6. The molecule has 2 aliphatic rings. The molecule has 0 radical (unpaired) electrons. The van der Waals surface area contributed by atoms with Crippen molar-refractivity contribution in [2.45, 2.75) is 37.1 Å². The highest BCUT2D eigenvalue weighted by Gasteiger charge is 2.44. The Morgan fingerprint density at radius 2 is 2.12 bits per heavy atom. The van der Waals surface area contributed by atoms with Gasteiger partial charge in [-0.25, -0.2) is 0 Å². The second kappa shape index (κ2) is 6.81. The minimum absolute atomic E-state index is 0.0656. The summed E-state index contributed by atoms with van der Waals surface area (Å²) in [6, 6.07) is 10.1. The Bertz CT molecular complexity index is 745. The Hall–Kier alpha value is -1.85. The number of hydrogen-bond acceptors (Lipinski definition) is 3. The van der Waals surface area contributed by atoms with Gasteiger partial charge in [-0.05, 0) is 56.0 Å². The first-order valence-corrected chi connectivity index (χ1v) is 9.34. The van der Waals surface area contributed by atoms with E-state index in [0.29, 0.717) is 18.3 Å². The predicted molar refractivity (Wildman–Crippen MR) is 98.1 cm³/mol. The molecule has 0 bridgehead atoms. The molecule has 5 nitrogen and oxygen atoms in total. The van der Waals surface area contributed by atoms with E-state index < -0.39 is 0 Å². The average Bonchev–Trinajstić information content (AvgIpc) is 3.27. The summed E-state index contributed by atoms with van der Waals surface area (Å²) in [6.45, 7) is 2.63. The number of nitrogens with one attached hydrogen (secondary N) is 2. The fourth-order valence-corrected chi connectivity index (χ4v) is 3.71. The van der Waals surface area contributed by atoms with Crippen molar-refractivity contribution in [3.8, 4) is 0 Å². The quantitative estimate of drug-likeness (QED) is 0.864. The number of piperidine rings is 1. The Morgan fingerprint density at radius 3 is 2.80 bits per heavy atom. The van der Waals surface area contributed by atoms with Crippen LogP contribution in [0.15, 0.2) is 36.5 Å². The van der Waals surface area contributed by atoms with Gasteiger partial charge in [0, 0.05) is 29.7 Å². The largest absolute Gasteiger partial charge is 0.350 e. The maximum absolute atomic E-state index is 12.5. The van der Waals surface area contributed by atoms with Gasteiger partial charge in [-0.1, -0.05) is 23.7 Å². The first-order valence-electron chi connectivity index (χ1n) is 8.96. The molecule has 1 aliphatic carbocycles. The molecule has 1 saturated heterocycles. The molecule has 1 unspecified atom stereocenters. The van der Waals surface area contributed by atoms with Gasteiger partial charge in [0.25, 0.3) is 5.91 Å². The summed E-state index contributed by atoms with van der Waals surface area (Å²) in [5, 5.41) is 11.7. The zero-order valence-corrected chi connectivity index (χ0v) is 14.9. The molecule has 4 rings (SSSR count). The second-order valence-electron chi connectivity index (χ2n) is 7.15. The maximum atomic E-state index is 12.5. The van der Waals surface area contributed by atoms with E-state index in [2.05, 4.69) is 27.9 Å². The molecular weight excluding hydrogens is 336 g/mol. The van der Waals surface area contributed by atoms with Crippen LogP contribution in [-0.4, -0.2) is 35.3 Å². The average molecular weight is 359 g/mol. The lowest BCUT2D eigenvalue weighted by Gasteiger charge is -2.22. The van der Waals surface area contributed by atoms with Gasteiger partial charge in [-0.2, -0.15) is 5.10 Å². The lowest BCUT2D eigenvalue weighted by atomic mass is 9.96. The number of amides is 1. The van der Waals surface area contributed by atoms with Crippen LogP contribution in [0.25, 0.3) is 0 Å². The van der Waals surface area contributed by atoms with Crippen molar-refractivity contribution in [3.05, 3.63) is 52.8 Å². The number of benzene rings is 1. The Balaban J connectivity index is 1.37. The van der Waals surface area contributed by atoms with Crippen molar-refractivity contribution in [2.24, 2.45) is 0 Å². The van der Waals surface area contributed by atoms with Crippen molar-refractivity contribution >= 4 is 17.5 Å². The summed E-state index contributed by atoms with van der Waals surface area (Å²) in [5.41, 5.74) is 1.81. The summed E-state index contributed by atoms with van der Waals surface area (Å²) in [6.07, 6.45) is 6.36. The summed E-state index contributed by atoms with van der Waals surface area (Å²) in [4.78, 5) is 12.5. The molecule has 132 valence electrons. The van der Waals surface area contributed by atoms with Crippen LogP contribution < -0.4 is 10.6 Å². The molecule has 1 amide bonds. The third kappa shape index (κ3) is 3.58. The monoisotopic (exact) mass is 358 g/mol.